The molecule has 1 fully saturated rings. The predicted molar refractivity (Wildman–Crippen MR) is 124 cm³/mol. The van der Waals surface area contributed by atoms with Gasteiger partial charge in [-0.3, -0.25) is 0 Å². The molecule has 0 spiro atoms. The Morgan fingerprint density at radius 3 is 2.25 bits per heavy atom. The van der Waals surface area contributed by atoms with Crippen LogP contribution in [0.1, 0.15) is 77.7 Å². The third kappa shape index (κ3) is 6.18. The predicted octanol–water partition coefficient (Wildman–Crippen LogP) is 7.32. The molecule has 1 aliphatic carbocycles. The lowest BCUT2D eigenvalue weighted by atomic mass is 9.75. The third-order valence-electron chi connectivity index (χ3n) is 6.67. The highest BCUT2D eigenvalue weighted by molar-refractivity contribution is 6.73. The van der Waals surface area contributed by atoms with Crippen LogP contribution >= 0.6 is 23.2 Å². The molecule has 1 aromatic rings. The Morgan fingerprint density at radius 1 is 1.18 bits per heavy atom. The second-order valence-corrected chi connectivity index (χ2v) is 14.6. The fourth-order valence-corrected chi connectivity index (χ4v) is 7.85. The zero-order valence-electron chi connectivity index (χ0n) is 18.5. The van der Waals surface area contributed by atoms with Crippen LogP contribution in [0.4, 0.5) is 0 Å². The average Bonchev–Trinajstić information content (AvgIpc) is 2.64. The summed E-state index contributed by atoms with van der Waals surface area (Å²) >= 11 is 13.2. The first-order chi connectivity index (χ1) is 13.1. The molecular weight excluding hydrogens is 407 g/mol. The van der Waals surface area contributed by atoms with Gasteiger partial charge in [0.2, 0.25) is 0 Å². The first-order valence-electron chi connectivity index (χ1n) is 10.9. The molecule has 1 N–H and O–H groups in total. The molecule has 0 aromatic carbocycles. The van der Waals surface area contributed by atoms with E-state index in [4.69, 9.17) is 27.6 Å². The van der Waals surface area contributed by atoms with Gasteiger partial charge in [0.25, 0.3) is 0 Å². The van der Waals surface area contributed by atoms with E-state index >= 15 is 0 Å². The van der Waals surface area contributed by atoms with Gasteiger partial charge in [-0.1, -0.05) is 57.8 Å². The van der Waals surface area contributed by atoms with E-state index in [1.165, 1.54) is 25.7 Å². The van der Waals surface area contributed by atoms with Crippen LogP contribution in [0.2, 0.25) is 28.3 Å². The molecule has 0 radical (unpaired) electrons. The first kappa shape index (κ1) is 24.1. The van der Waals surface area contributed by atoms with E-state index in [-0.39, 0.29) is 6.10 Å². The monoisotopic (exact) mass is 444 g/mol. The average molecular weight is 446 g/mol. The number of rotatable bonds is 9. The molecule has 1 aromatic heterocycles. The van der Waals surface area contributed by atoms with Crippen LogP contribution in [0, 0.1) is 12.3 Å². The molecule has 1 aliphatic rings. The van der Waals surface area contributed by atoms with Gasteiger partial charge in [0.1, 0.15) is 5.15 Å². The van der Waals surface area contributed by atoms with Crippen molar-refractivity contribution in [2.75, 3.05) is 6.54 Å². The molecule has 0 saturated heterocycles. The van der Waals surface area contributed by atoms with E-state index in [9.17, 15) is 0 Å². The van der Waals surface area contributed by atoms with Crippen molar-refractivity contribution in [3.05, 3.63) is 27.5 Å². The molecule has 1 atom stereocenters. The van der Waals surface area contributed by atoms with Gasteiger partial charge in [-0.2, -0.15) is 0 Å². The number of nitrogens with zero attached hydrogens (tertiary/aromatic N) is 1. The summed E-state index contributed by atoms with van der Waals surface area (Å²) in [6.07, 6.45) is 4.81. The second-order valence-electron chi connectivity index (χ2n) is 9.15. The molecule has 0 bridgehead atoms. The molecule has 160 valence electrons. The summed E-state index contributed by atoms with van der Waals surface area (Å²) < 4.78 is 6.87. The highest BCUT2D eigenvalue weighted by atomic mass is 35.5. The molecule has 3 nitrogen and oxygen atoms in total. The maximum Gasteiger partial charge on any atom is 0.192 e. The SMILES string of the molecule is CC[Si](CC)(CC)OC(CNC1CCC(C)(C)CC1)c1c(Cl)cc(C)nc1Cl. The molecule has 1 heterocycles. The highest BCUT2D eigenvalue weighted by Crippen LogP contribution is 2.38. The molecule has 28 heavy (non-hydrogen) atoms. The van der Waals surface area contributed by atoms with Crippen molar-refractivity contribution >= 4 is 31.5 Å². The van der Waals surface area contributed by atoms with Crippen molar-refractivity contribution in [3.8, 4) is 0 Å². The van der Waals surface area contributed by atoms with Crippen molar-refractivity contribution in [1.29, 1.82) is 0 Å². The second kappa shape index (κ2) is 10.3. The Hall–Kier alpha value is -0.133. The summed E-state index contributed by atoms with van der Waals surface area (Å²) in [7, 11) is -1.82. The molecule has 1 unspecified atom stereocenters. The molecular formula is C22H38Cl2N2OSi. The van der Waals surface area contributed by atoms with Gasteiger partial charge in [0, 0.05) is 23.8 Å². The Balaban J connectivity index is 2.22. The van der Waals surface area contributed by atoms with Crippen molar-refractivity contribution in [2.24, 2.45) is 5.41 Å². The lowest BCUT2D eigenvalue weighted by molar-refractivity contribution is 0.160. The zero-order chi connectivity index (χ0) is 20.9. The smallest absolute Gasteiger partial charge is 0.192 e. The van der Waals surface area contributed by atoms with Crippen LogP contribution in [0.3, 0.4) is 0 Å². The maximum atomic E-state index is 6.87. The normalized spacial score (nSPS) is 19.0. The van der Waals surface area contributed by atoms with Gasteiger partial charge in [-0.05, 0) is 62.2 Å². The van der Waals surface area contributed by atoms with Gasteiger partial charge in [-0.25, -0.2) is 4.98 Å². The Morgan fingerprint density at radius 2 is 1.75 bits per heavy atom. The number of nitrogens with one attached hydrogen (secondary N) is 1. The highest BCUT2D eigenvalue weighted by Gasteiger charge is 2.35. The van der Waals surface area contributed by atoms with Crippen LogP contribution in [-0.4, -0.2) is 25.9 Å². The van der Waals surface area contributed by atoms with Crippen LogP contribution in [0.5, 0.6) is 0 Å². The van der Waals surface area contributed by atoms with Gasteiger partial charge in [-0.15, -0.1) is 0 Å². The fraction of sp³-hybridized carbons (Fsp3) is 0.773. The Bertz CT molecular complexity index is 608. The van der Waals surface area contributed by atoms with Crippen LogP contribution in [0.25, 0.3) is 0 Å². The molecule has 0 amide bonds. The summed E-state index contributed by atoms with van der Waals surface area (Å²) in [5, 5.41) is 4.92. The van der Waals surface area contributed by atoms with Gasteiger partial charge < -0.3 is 9.74 Å². The Kier molecular flexibility index (Phi) is 8.84. The minimum Gasteiger partial charge on any atom is -0.408 e. The summed E-state index contributed by atoms with van der Waals surface area (Å²) in [4.78, 5) is 4.47. The maximum absolute atomic E-state index is 6.87. The van der Waals surface area contributed by atoms with Crippen LogP contribution in [-0.2, 0) is 4.43 Å². The zero-order valence-corrected chi connectivity index (χ0v) is 21.0. The van der Waals surface area contributed by atoms with Crippen molar-refractivity contribution < 1.29 is 4.43 Å². The molecule has 1 saturated carbocycles. The van der Waals surface area contributed by atoms with E-state index in [1.54, 1.807) is 0 Å². The van der Waals surface area contributed by atoms with E-state index < -0.39 is 8.32 Å². The molecule has 0 aliphatic heterocycles. The Labute approximate surface area is 183 Å². The minimum atomic E-state index is -1.82. The number of aryl methyl sites for hydroxylation is 1. The number of hydrogen-bond acceptors (Lipinski definition) is 3. The summed E-state index contributed by atoms with van der Waals surface area (Å²) in [5.74, 6) is 0. The van der Waals surface area contributed by atoms with E-state index in [2.05, 4.69) is 44.9 Å². The summed E-state index contributed by atoms with van der Waals surface area (Å²) in [6.45, 7) is 14.2. The number of hydrogen-bond donors (Lipinski definition) is 1. The van der Waals surface area contributed by atoms with E-state index in [0.29, 0.717) is 21.6 Å². The van der Waals surface area contributed by atoms with Gasteiger partial charge >= 0.3 is 0 Å². The first-order valence-corrected chi connectivity index (χ1v) is 14.2. The van der Waals surface area contributed by atoms with E-state index in [1.807, 2.05) is 13.0 Å². The summed E-state index contributed by atoms with van der Waals surface area (Å²) in [6, 6.07) is 5.74. The quantitative estimate of drug-likeness (QED) is 0.319. The van der Waals surface area contributed by atoms with Gasteiger partial charge in [0.05, 0.1) is 11.1 Å². The number of pyridine rings is 1. The summed E-state index contributed by atoms with van der Waals surface area (Å²) in [5.41, 5.74) is 2.16. The topological polar surface area (TPSA) is 34.1 Å². The number of aromatic nitrogens is 1. The van der Waals surface area contributed by atoms with Gasteiger partial charge in [0.15, 0.2) is 8.32 Å². The van der Waals surface area contributed by atoms with Crippen molar-refractivity contribution in [2.45, 2.75) is 97.5 Å². The lowest BCUT2D eigenvalue weighted by Crippen LogP contribution is -2.43. The lowest BCUT2D eigenvalue weighted by Gasteiger charge is -2.37. The fourth-order valence-electron chi connectivity index (χ4n) is 4.28. The standard InChI is InChI=1S/C22H38Cl2N2OSi/c1-7-28(8-2,9-3)27-19(20-18(23)14-16(4)26-21(20)24)15-25-17-10-12-22(5,6)13-11-17/h14,17,19,25H,7-13,15H2,1-6H3. The molecule has 6 heteroatoms. The van der Waals surface area contributed by atoms with E-state index in [0.717, 1.165) is 35.9 Å². The molecule has 2 rings (SSSR count). The van der Waals surface area contributed by atoms with Crippen LogP contribution in [0.15, 0.2) is 6.07 Å². The third-order valence-corrected chi connectivity index (χ3v) is 11.9. The van der Waals surface area contributed by atoms with Crippen LogP contribution < -0.4 is 5.32 Å². The number of halogens is 2. The van der Waals surface area contributed by atoms with Crippen molar-refractivity contribution in [1.82, 2.24) is 10.3 Å². The van der Waals surface area contributed by atoms with Crippen molar-refractivity contribution in [3.63, 3.8) is 0 Å². The largest absolute Gasteiger partial charge is 0.408 e. The minimum absolute atomic E-state index is 0.144.